The normalized spacial score (nSPS) is 45.2. The second-order valence-electron chi connectivity index (χ2n) is 21.9. The van der Waals surface area contributed by atoms with Gasteiger partial charge in [-0.25, -0.2) is 4.98 Å². The number of ether oxygens (including phenoxy) is 2. The summed E-state index contributed by atoms with van der Waals surface area (Å²) in [6, 6.07) is 0. The van der Waals surface area contributed by atoms with Gasteiger partial charge < -0.3 is 73.9 Å². The fraction of sp³-hybridized carbons (Fsp3) is 0.717. The maximum atomic E-state index is 13.7. The van der Waals surface area contributed by atoms with Crippen molar-refractivity contribution < 1.29 is 59.6 Å². The molecule has 12 aliphatic rings. The van der Waals surface area contributed by atoms with Gasteiger partial charge in [-0.15, -0.1) is 12.4 Å². The minimum Gasteiger partial charge on any atom is -0.397 e. The Morgan fingerprint density at radius 2 is 1.23 bits per heavy atom. The van der Waals surface area contributed by atoms with E-state index in [0.29, 0.717) is 54.9 Å². The summed E-state index contributed by atoms with van der Waals surface area (Å²) in [6.07, 6.45) is -1.84. The smallest absolute Gasteiger partial charge is 0.212 e. The lowest BCUT2D eigenvalue weighted by Gasteiger charge is -2.73. The number of fused-ring (bicyclic) bond motifs is 5. The monoisotopic (exact) mass is 1100 g/mol. The number of carbonyl (C=O) groups is 3. The maximum Gasteiger partial charge on any atom is 0.212 e. The SMILES string of the molecule is C=C1C(=O)[C@]23[C@H](O)[C@H]1CC[C@H]2[C@@]12CO[C@@]3(O)[C@@H](O)[C@@H]1C(C)(C)CC(Br)C2=O.C=C1C(=O)[C@]23[C@H](O)[C@H]1CC[C@H]2[C@@]12CO[C@@]3(O)[C@@H](O)[C@@H]1C(C)(C)Cc1sc(N=C(N)N)nc12.CCO.Cl.NC(=S)N=C(N)N. The summed E-state index contributed by atoms with van der Waals surface area (Å²) in [5.41, 5.74) is 20.8. The number of nitrogens with zero attached hydrogens (tertiary/aromatic N) is 3. The standard InChI is InChI=1S/C22H28N4O5S.C20H25BrO6.C2H6N4S.C2H6O.ClH/c1-8-9-4-5-11-20-7-31-22(30,21(11,14(8)27)15(9)28)16(29)12(20)19(2,3)6-10-13(20)25-18(32-10)26-17(23)24;1-8-9-4-5-11-18-7-27-20(26,19(11,13(8)22)14(9)23)16(25)12(18)17(2,3)6-10(21)15(18)24;3-1(4)6-2(5)7;1-2-3;/h9,11-12,15-16,28-30H,1,4-7H2,2-3H3,(H4,23,24,25,26);9-12,14,16,23,25-26H,1,4-7H2,2-3H3;(H6,3,4,5,6,7);3H,2H2,1H3;1H/t9-,11-,12+,15+,16-,20-,21-,22-;9-,10?,11-,12+,14+,16-,18-,19-,20-;;;/m00.../s1. The summed E-state index contributed by atoms with van der Waals surface area (Å²) in [7, 11) is 0. The van der Waals surface area contributed by atoms with E-state index in [-0.39, 0.29) is 60.6 Å². The van der Waals surface area contributed by atoms with Crippen molar-refractivity contribution in [1.82, 2.24) is 4.98 Å². The van der Waals surface area contributed by atoms with Gasteiger partial charge in [-0.3, -0.25) is 14.4 Å². The number of hydrogen-bond donors (Lipinski definition) is 12. The van der Waals surface area contributed by atoms with Gasteiger partial charge >= 0.3 is 0 Å². The number of halogens is 2. The zero-order valence-electron chi connectivity index (χ0n) is 39.6. The van der Waals surface area contributed by atoms with Crippen LogP contribution in [0.15, 0.2) is 34.3 Å². The molecule has 4 spiro atoms. The number of hydrogen-bond acceptors (Lipinski definition) is 16. The summed E-state index contributed by atoms with van der Waals surface area (Å²) < 4.78 is 11.8. The van der Waals surface area contributed by atoms with Crippen molar-refractivity contribution in [2.75, 3.05) is 19.8 Å². The molecule has 8 aliphatic carbocycles. The fourth-order valence-electron chi connectivity index (χ4n) is 16.1. The van der Waals surface area contributed by atoms with E-state index in [4.69, 9.17) is 48.2 Å². The number of aromatic nitrogens is 1. The molecule has 5 heterocycles. The minimum atomic E-state index is -2.21. The maximum absolute atomic E-state index is 13.7. The Morgan fingerprint density at radius 3 is 1.66 bits per heavy atom. The molecular formula is C46H66BrClN8O12S2. The van der Waals surface area contributed by atoms with Crippen LogP contribution >= 0.6 is 51.9 Å². The Labute approximate surface area is 429 Å². The molecule has 4 saturated heterocycles. The molecule has 0 aromatic carbocycles. The molecule has 4 aliphatic heterocycles. The van der Waals surface area contributed by atoms with E-state index in [1.807, 2.05) is 13.8 Å². The number of aliphatic hydroxyl groups is 7. The van der Waals surface area contributed by atoms with Crippen molar-refractivity contribution in [2.24, 2.45) is 101 Å². The molecule has 24 heteroatoms. The van der Waals surface area contributed by atoms with Crippen LogP contribution in [0.2, 0.25) is 0 Å². The summed E-state index contributed by atoms with van der Waals surface area (Å²) in [4.78, 5) is 53.4. The van der Waals surface area contributed by atoms with Gasteiger partial charge in [-0.1, -0.05) is 68.1 Å². The highest BCUT2D eigenvalue weighted by atomic mass is 79.9. The molecule has 13 rings (SSSR count). The van der Waals surface area contributed by atoms with Crippen LogP contribution in [-0.2, 0) is 35.7 Å². The Morgan fingerprint density at radius 1 is 0.786 bits per heavy atom. The summed E-state index contributed by atoms with van der Waals surface area (Å²) in [6.45, 7) is 17.9. The van der Waals surface area contributed by atoms with Gasteiger partial charge in [-0.05, 0) is 91.5 Å². The van der Waals surface area contributed by atoms with E-state index in [1.165, 1.54) is 11.3 Å². The van der Waals surface area contributed by atoms with Crippen LogP contribution in [0.1, 0.15) is 77.3 Å². The van der Waals surface area contributed by atoms with Crippen molar-refractivity contribution in [3.8, 4) is 0 Å². The van der Waals surface area contributed by atoms with E-state index < -0.39 is 120 Å². The van der Waals surface area contributed by atoms with Crippen molar-refractivity contribution >= 4 is 91.4 Å². The van der Waals surface area contributed by atoms with Crippen LogP contribution in [0.4, 0.5) is 5.13 Å². The highest BCUT2D eigenvalue weighted by Gasteiger charge is 2.89. The number of thiocarbonyl (C=S) groups is 1. The van der Waals surface area contributed by atoms with E-state index in [1.54, 1.807) is 6.92 Å². The Hall–Kier alpha value is -3.04. The summed E-state index contributed by atoms with van der Waals surface area (Å²) >= 11 is 9.20. The number of nitrogens with two attached hydrogens (primary N) is 5. The Bertz CT molecular complexity index is 2490. The predicted molar refractivity (Wildman–Crippen MR) is 266 cm³/mol. The minimum absolute atomic E-state index is 0. The molecule has 11 fully saturated rings. The van der Waals surface area contributed by atoms with Gasteiger partial charge in [0, 0.05) is 40.6 Å². The van der Waals surface area contributed by atoms with Gasteiger partial charge in [0.25, 0.3) is 0 Å². The third kappa shape index (κ3) is 6.58. The number of Topliss-reactive ketones (excluding diaryl/α,β-unsaturated/α-hetero) is 3. The fourth-order valence-corrected chi connectivity index (χ4v) is 18.7. The van der Waals surface area contributed by atoms with Gasteiger partial charge in [0.2, 0.25) is 16.7 Å². The molecule has 0 amide bonds. The van der Waals surface area contributed by atoms with Crippen LogP contribution in [0.25, 0.3) is 0 Å². The topological polar surface area (TPSA) is 379 Å². The molecule has 0 radical (unpaired) electrons. The van der Waals surface area contributed by atoms with Crippen molar-refractivity contribution in [3.05, 3.63) is 34.9 Å². The van der Waals surface area contributed by atoms with E-state index in [2.05, 4.69) is 65.1 Å². The van der Waals surface area contributed by atoms with E-state index >= 15 is 0 Å². The molecule has 20 nitrogen and oxygen atoms in total. The first-order chi connectivity index (χ1) is 31.9. The van der Waals surface area contributed by atoms with Gasteiger partial charge in [0.15, 0.2) is 34.4 Å². The first-order valence-corrected chi connectivity index (χ1v) is 25.3. The second kappa shape index (κ2) is 17.5. The third-order valence-electron chi connectivity index (χ3n) is 17.9. The van der Waals surface area contributed by atoms with Crippen LogP contribution in [0, 0.1) is 62.6 Å². The highest BCUT2D eigenvalue weighted by Crippen LogP contribution is 2.78. The summed E-state index contributed by atoms with van der Waals surface area (Å²) in [5, 5.41) is 77.0. The van der Waals surface area contributed by atoms with E-state index in [0.717, 1.165) is 4.88 Å². The molecule has 388 valence electrons. The Kier molecular flexibility index (Phi) is 13.7. The lowest BCUT2D eigenvalue weighted by molar-refractivity contribution is -0.437. The second-order valence-corrected chi connectivity index (χ2v) is 24.5. The lowest BCUT2D eigenvalue weighted by atomic mass is 9.36. The average molecular weight is 1100 g/mol. The summed E-state index contributed by atoms with van der Waals surface area (Å²) in [5.74, 6) is -8.49. The molecule has 7 saturated carbocycles. The van der Waals surface area contributed by atoms with Crippen molar-refractivity contribution in [3.63, 3.8) is 0 Å². The van der Waals surface area contributed by atoms with Crippen molar-refractivity contribution in [2.45, 2.75) is 119 Å². The number of guanidine groups is 2. The number of aliphatic hydroxyl groups excluding tert-OH is 5. The number of thiazole rings is 1. The van der Waals surface area contributed by atoms with Crippen LogP contribution in [0.5, 0.6) is 0 Å². The molecular weight excluding hydrogens is 1040 g/mol. The molecule has 1 aromatic heterocycles. The number of aliphatic imine (C=N–C) groups is 2. The zero-order chi connectivity index (χ0) is 51.3. The van der Waals surface area contributed by atoms with Crippen molar-refractivity contribution in [1.29, 1.82) is 0 Å². The number of rotatable bonds is 1. The largest absolute Gasteiger partial charge is 0.397 e. The van der Waals surface area contributed by atoms with Crippen LogP contribution < -0.4 is 28.7 Å². The van der Waals surface area contributed by atoms with E-state index in [9.17, 15) is 45.0 Å². The predicted octanol–water partition coefficient (Wildman–Crippen LogP) is -0.0290. The molecule has 8 bridgehead atoms. The molecule has 17 N–H and O–H groups in total. The zero-order valence-corrected chi connectivity index (χ0v) is 43.7. The quantitative estimate of drug-likeness (QED) is 0.0578. The number of carbonyl (C=O) groups excluding carboxylic acids is 3. The van der Waals surface area contributed by atoms with Gasteiger partial charge in [-0.2, -0.15) is 9.98 Å². The van der Waals surface area contributed by atoms with Crippen LogP contribution in [-0.4, -0.2) is 136 Å². The van der Waals surface area contributed by atoms with Crippen LogP contribution in [0.3, 0.4) is 0 Å². The average Bonchev–Trinajstić information content (AvgIpc) is 3.70. The molecule has 1 unspecified atom stereocenters. The van der Waals surface area contributed by atoms with Gasteiger partial charge in [0.1, 0.15) is 23.0 Å². The number of alkyl halides is 1. The molecule has 70 heavy (non-hydrogen) atoms. The van der Waals surface area contributed by atoms with Gasteiger partial charge in [0.05, 0.1) is 41.4 Å². The lowest BCUT2D eigenvalue weighted by Crippen LogP contribution is -2.85. The molecule has 1 aromatic rings. The first-order valence-electron chi connectivity index (χ1n) is 23.1. The number of ketones is 3. The third-order valence-corrected chi connectivity index (χ3v) is 19.7. The first kappa shape index (κ1) is 54.7. The highest BCUT2D eigenvalue weighted by molar-refractivity contribution is 9.10. The Balaban J connectivity index is 0.000000173. The molecule has 17 atom stereocenters.